The maximum Gasteiger partial charge on any atom is 0.226 e. The Labute approximate surface area is 71.1 Å². The van der Waals surface area contributed by atoms with Gasteiger partial charge in [-0.3, -0.25) is 4.79 Å². The number of carbonyl (C=O) groups is 1. The molecule has 1 fully saturated rings. The molecule has 0 spiro atoms. The summed E-state index contributed by atoms with van der Waals surface area (Å²) in [5.41, 5.74) is 0. The first-order valence-corrected chi connectivity index (χ1v) is 4.22. The Hall–Kier alpha value is -0.550. The lowest BCUT2D eigenvalue weighted by Gasteiger charge is -2.22. The zero-order valence-electron chi connectivity index (χ0n) is 6.22. The van der Waals surface area contributed by atoms with Crippen molar-refractivity contribution in [3.8, 4) is 6.07 Å². The number of hydrogen-bond donors (Lipinski definition) is 0. The van der Waals surface area contributed by atoms with Crippen LogP contribution in [0.25, 0.3) is 0 Å². The van der Waals surface area contributed by atoms with E-state index in [-0.39, 0.29) is 17.1 Å². The fraction of sp³-hybridized carbons (Fsp3) is 0.750. The van der Waals surface area contributed by atoms with Crippen LogP contribution in [0.2, 0.25) is 0 Å². The average molecular weight is 172 g/mol. The van der Waals surface area contributed by atoms with Crippen LogP contribution >= 0.6 is 11.6 Å². The largest absolute Gasteiger partial charge is 0.281 e. The minimum Gasteiger partial charge on any atom is -0.281 e. The Kier molecular flexibility index (Phi) is 2.90. The molecule has 0 aliphatic heterocycles. The highest BCUT2D eigenvalue weighted by molar-refractivity contribution is 6.64. The second-order valence-corrected chi connectivity index (χ2v) is 3.30. The fourth-order valence-corrected chi connectivity index (χ4v) is 1.82. The van der Waals surface area contributed by atoms with Crippen molar-refractivity contribution in [3.05, 3.63) is 0 Å². The molecule has 0 amide bonds. The average Bonchev–Trinajstić information content (AvgIpc) is 2.04. The van der Waals surface area contributed by atoms with E-state index in [0.717, 1.165) is 25.7 Å². The van der Waals surface area contributed by atoms with Crippen LogP contribution in [0.4, 0.5) is 0 Å². The highest BCUT2D eigenvalue weighted by Gasteiger charge is 2.29. The quantitative estimate of drug-likeness (QED) is 0.567. The van der Waals surface area contributed by atoms with Gasteiger partial charge in [-0.25, -0.2) is 0 Å². The molecule has 0 saturated heterocycles. The van der Waals surface area contributed by atoms with Gasteiger partial charge in [-0.05, 0) is 24.4 Å². The minimum absolute atomic E-state index is 0.131. The summed E-state index contributed by atoms with van der Waals surface area (Å²) < 4.78 is 0. The highest BCUT2D eigenvalue weighted by atomic mass is 35.5. The Bertz CT molecular complexity index is 197. The predicted octanol–water partition coefficient (Wildman–Crippen LogP) is 2.08. The Morgan fingerprint density at radius 3 is 2.55 bits per heavy atom. The van der Waals surface area contributed by atoms with Crippen LogP contribution in [0, 0.1) is 23.2 Å². The van der Waals surface area contributed by atoms with Crippen molar-refractivity contribution >= 4 is 16.8 Å². The molecule has 2 atom stereocenters. The van der Waals surface area contributed by atoms with Gasteiger partial charge in [0.15, 0.2) is 0 Å². The zero-order chi connectivity index (χ0) is 8.27. The van der Waals surface area contributed by atoms with Crippen LogP contribution in [-0.4, -0.2) is 5.24 Å². The van der Waals surface area contributed by atoms with Crippen molar-refractivity contribution < 1.29 is 4.79 Å². The van der Waals surface area contributed by atoms with Crippen LogP contribution in [0.5, 0.6) is 0 Å². The van der Waals surface area contributed by atoms with Crippen LogP contribution in [0.3, 0.4) is 0 Å². The molecule has 0 heterocycles. The zero-order valence-corrected chi connectivity index (χ0v) is 6.97. The normalized spacial score (nSPS) is 30.9. The van der Waals surface area contributed by atoms with Crippen molar-refractivity contribution in [2.45, 2.75) is 25.7 Å². The van der Waals surface area contributed by atoms with E-state index in [1.807, 2.05) is 0 Å². The van der Waals surface area contributed by atoms with Gasteiger partial charge in [-0.15, -0.1) is 0 Å². The van der Waals surface area contributed by atoms with Gasteiger partial charge >= 0.3 is 0 Å². The minimum atomic E-state index is -0.337. The number of carbonyl (C=O) groups excluding carboxylic acids is 1. The van der Waals surface area contributed by atoms with E-state index < -0.39 is 0 Å². The Balaban J connectivity index is 2.60. The second kappa shape index (κ2) is 3.73. The van der Waals surface area contributed by atoms with E-state index in [1.54, 1.807) is 0 Å². The van der Waals surface area contributed by atoms with Crippen molar-refractivity contribution in [2.75, 3.05) is 0 Å². The monoisotopic (exact) mass is 171 g/mol. The van der Waals surface area contributed by atoms with Gasteiger partial charge < -0.3 is 0 Å². The molecule has 0 aromatic heterocycles. The molecular formula is C8H10ClNO. The van der Waals surface area contributed by atoms with Gasteiger partial charge in [-0.2, -0.15) is 5.26 Å². The third kappa shape index (κ3) is 1.94. The molecule has 1 rings (SSSR count). The van der Waals surface area contributed by atoms with Crippen molar-refractivity contribution in [1.29, 1.82) is 5.26 Å². The number of halogens is 1. The summed E-state index contributed by atoms with van der Waals surface area (Å²) in [5.74, 6) is -0.329. The van der Waals surface area contributed by atoms with Crippen molar-refractivity contribution in [2.24, 2.45) is 11.8 Å². The molecule has 0 aromatic carbocycles. The number of nitriles is 1. The van der Waals surface area contributed by atoms with Crippen LogP contribution in [-0.2, 0) is 4.79 Å². The number of hydrogen-bond acceptors (Lipinski definition) is 2. The van der Waals surface area contributed by atoms with E-state index in [0.29, 0.717) is 0 Å². The second-order valence-electron chi connectivity index (χ2n) is 2.93. The van der Waals surface area contributed by atoms with Crippen molar-refractivity contribution in [3.63, 3.8) is 0 Å². The lowest BCUT2D eigenvalue weighted by molar-refractivity contribution is -0.116. The summed E-state index contributed by atoms with van der Waals surface area (Å²) in [5, 5.41) is 8.31. The summed E-state index contributed by atoms with van der Waals surface area (Å²) in [6, 6.07) is 2.13. The Morgan fingerprint density at radius 2 is 2.09 bits per heavy atom. The lowest BCUT2D eigenvalue weighted by atomic mass is 9.81. The third-order valence-corrected chi connectivity index (χ3v) is 2.50. The van der Waals surface area contributed by atoms with Crippen molar-refractivity contribution in [1.82, 2.24) is 0 Å². The maximum atomic E-state index is 10.8. The summed E-state index contributed by atoms with van der Waals surface area (Å²) in [7, 11) is 0. The molecule has 2 nitrogen and oxygen atoms in total. The molecule has 0 radical (unpaired) electrons. The van der Waals surface area contributed by atoms with Gasteiger partial charge in [0.05, 0.1) is 12.0 Å². The predicted molar refractivity (Wildman–Crippen MR) is 41.9 cm³/mol. The highest BCUT2D eigenvalue weighted by Crippen LogP contribution is 2.30. The van der Waals surface area contributed by atoms with Gasteiger partial charge in [0.25, 0.3) is 0 Å². The van der Waals surface area contributed by atoms with E-state index in [2.05, 4.69) is 6.07 Å². The van der Waals surface area contributed by atoms with E-state index >= 15 is 0 Å². The molecule has 0 aromatic rings. The van der Waals surface area contributed by atoms with Gasteiger partial charge in [0.1, 0.15) is 0 Å². The van der Waals surface area contributed by atoms with Gasteiger partial charge in [0, 0.05) is 5.92 Å². The van der Waals surface area contributed by atoms with E-state index in [1.165, 1.54) is 0 Å². The first-order valence-electron chi connectivity index (χ1n) is 3.84. The van der Waals surface area contributed by atoms with Crippen LogP contribution in [0.15, 0.2) is 0 Å². The molecular weight excluding hydrogens is 162 g/mol. The first-order chi connectivity index (χ1) is 5.25. The van der Waals surface area contributed by atoms with E-state index in [9.17, 15) is 4.79 Å². The third-order valence-electron chi connectivity index (χ3n) is 2.22. The molecule has 60 valence electrons. The molecule has 3 heteroatoms. The lowest BCUT2D eigenvalue weighted by Crippen LogP contribution is -2.22. The van der Waals surface area contributed by atoms with Gasteiger partial charge in [0.2, 0.25) is 5.24 Å². The fourth-order valence-electron chi connectivity index (χ4n) is 1.56. The molecule has 1 saturated carbocycles. The maximum absolute atomic E-state index is 10.8. The van der Waals surface area contributed by atoms with Crippen LogP contribution in [0.1, 0.15) is 25.7 Å². The molecule has 1 aliphatic carbocycles. The molecule has 0 unspecified atom stereocenters. The molecule has 11 heavy (non-hydrogen) atoms. The van der Waals surface area contributed by atoms with Gasteiger partial charge in [-0.1, -0.05) is 12.8 Å². The summed E-state index contributed by atoms with van der Waals surface area (Å²) in [6.45, 7) is 0. The first kappa shape index (κ1) is 8.55. The van der Waals surface area contributed by atoms with E-state index in [4.69, 9.17) is 16.9 Å². The summed E-state index contributed by atoms with van der Waals surface area (Å²) in [6.07, 6.45) is 3.71. The Morgan fingerprint density at radius 1 is 1.45 bits per heavy atom. The summed E-state index contributed by atoms with van der Waals surface area (Å²) in [4.78, 5) is 10.8. The smallest absolute Gasteiger partial charge is 0.226 e. The molecule has 0 N–H and O–H groups in total. The SMILES string of the molecule is N#C[C@H]1CCCC[C@H]1C(=O)Cl. The molecule has 0 bridgehead atoms. The summed E-state index contributed by atoms with van der Waals surface area (Å²) >= 11 is 5.34. The number of rotatable bonds is 1. The standard InChI is InChI=1S/C8H10ClNO/c9-8(11)7-4-2-1-3-6(7)5-10/h6-7H,1-4H2/t6-,7-/m1/s1. The number of nitrogens with zero attached hydrogens (tertiary/aromatic N) is 1. The topological polar surface area (TPSA) is 40.9 Å². The van der Waals surface area contributed by atoms with Crippen LogP contribution < -0.4 is 0 Å². The molecule has 1 aliphatic rings.